The Kier molecular flexibility index (Phi) is 5.32. The molecule has 5 rings (SSSR count). The van der Waals surface area contributed by atoms with E-state index in [9.17, 15) is 4.79 Å². The number of benzene rings is 1. The molecule has 1 aromatic heterocycles. The first kappa shape index (κ1) is 20.3. The van der Waals surface area contributed by atoms with Crippen molar-refractivity contribution < 1.29 is 9.53 Å². The number of Topliss-reactive ketones (excluding diaryl/α,β-unsaturated/α-hetero) is 1. The summed E-state index contributed by atoms with van der Waals surface area (Å²) in [6.45, 7) is 7.71. The van der Waals surface area contributed by atoms with E-state index in [1.807, 2.05) is 24.4 Å². The van der Waals surface area contributed by atoms with Crippen LogP contribution >= 0.6 is 0 Å². The topological polar surface area (TPSA) is 58.6 Å². The van der Waals surface area contributed by atoms with Gasteiger partial charge >= 0.3 is 0 Å². The van der Waals surface area contributed by atoms with Gasteiger partial charge in [-0.25, -0.2) is 4.98 Å². The molecule has 6 heteroatoms. The van der Waals surface area contributed by atoms with Gasteiger partial charge in [0.1, 0.15) is 23.5 Å². The molecule has 2 saturated heterocycles. The maximum atomic E-state index is 11.4. The highest BCUT2D eigenvalue weighted by Gasteiger charge is 2.48. The van der Waals surface area contributed by atoms with E-state index in [1.165, 1.54) is 24.8 Å². The molecule has 0 radical (unpaired) electrons. The number of aromatic nitrogens is 2. The molecule has 0 N–H and O–H groups in total. The first-order valence-electron chi connectivity index (χ1n) is 11.6. The average molecular weight is 421 g/mol. The molecule has 2 atom stereocenters. The Morgan fingerprint density at radius 3 is 2.68 bits per heavy atom. The SMILES string of the molecule is CC(=O)C[C@@H](C)c1ccc(O[C@@H]2CCN(c3ccnc(N4CCC5(CC5)C4)n3)C2)cc1. The van der Waals surface area contributed by atoms with Crippen molar-refractivity contribution in [3.8, 4) is 5.75 Å². The third-order valence-corrected chi connectivity index (χ3v) is 7.12. The fourth-order valence-corrected chi connectivity index (χ4v) is 5.01. The van der Waals surface area contributed by atoms with Gasteiger partial charge < -0.3 is 19.3 Å². The van der Waals surface area contributed by atoms with E-state index >= 15 is 0 Å². The minimum atomic E-state index is 0.153. The molecule has 31 heavy (non-hydrogen) atoms. The number of ketones is 1. The van der Waals surface area contributed by atoms with Crippen molar-refractivity contribution in [1.82, 2.24) is 9.97 Å². The van der Waals surface area contributed by atoms with Crippen molar-refractivity contribution in [3.05, 3.63) is 42.1 Å². The summed E-state index contributed by atoms with van der Waals surface area (Å²) in [4.78, 5) is 25.5. The summed E-state index contributed by atoms with van der Waals surface area (Å²) in [7, 11) is 0. The Bertz CT molecular complexity index is 941. The first-order valence-corrected chi connectivity index (χ1v) is 11.6. The molecule has 1 saturated carbocycles. The van der Waals surface area contributed by atoms with Crippen LogP contribution in [0.25, 0.3) is 0 Å². The smallest absolute Gasteiger partial charge is 0.227 e. The molecule has 6 nitrogen and oxygen atoms in total. The van der Waals surface area contributed by atoms with E-state index in [1.54, 1.807) is 6.92 Å². The van der Waals surface area contributed by atoms with Gasteiger partial charge in [-0.2, -0.15) is 4.98 Å². The highest BCUT2D eigenvalue weighted by Crippen LogP contribution is 2.53. The molecule has 3 fully saturated rings. The number of anilines is 2. The van der Waals surface area contributed by atoms with Crippen LogP contribution in [0.2, 0.25) is 0 Å². The molecule has 1 aliphatic carbocycles. The van der Waals surface area contributed by atoms with Gasteiger partial charge in [-0.3, -0.25) is 0 Å². The fourth-order valence-electron chi connectivity index (χ4n) is 5.01. The second-order valence-corrected chi connectivity index (χ2v) is 9.74. The minimum Gasteiger partial charge on any atom is -0.489 e. The number of carbonyl (C=O) groups excluding carboxylic acids is 1. The lowest BCUT2D eigenvalue weighted by Crippen LogP contribution is -2.27. The molecule has 3 aliphatic rings. The van der Waals surface area contributed by atoms with Gasteiger partial charge in [0.25, 0.3) is 0 Å². The number of ether oxygens (including phenoxy) is 1. The lowest BCUT2D eigenvalue weighted by molar-refractivity contribution is -0.117. The molecule has 1 spiro atoms. The van der Waals surface area contributed by atoms with Crippen LogP contribution in [0.3, 0.4) is 0 Å². The Hall–Kier alpha value is -2.63. The summed E-state index contributed by atoms with van der Waals surface area (Å²) in [5.74, 6) is 3.23. The zero-order valence-electron chi connectivity index (χ0n) is 18.6. The molecule has 2 aromatic rings. The average Bonchev–Trinajstić information content (AvgIpc) is 3.16. The van der Waals surface area contributed by atoms with Gasteiger partial charge in [0.15, 0.2) is 0 Å². The number of hydrogen-bond acceptors (Lipinski definition) is 6. The van der Waals surface area contributed by atoms with Crippen molar-refractivity contribution in [1.29, 1.82) is 0 Å². The first-order chi connectivity index (χ1) is 15.0. The summed E-state index contributed by atoms with van der Waals surface area (Å²) in [6, 6.07) is 10.2. The number of nitrogens with zero attached hydrogens (tertiary/aromatic N) is 4. The van der Waals surface area contributed by atoms with E-state index < -0.39 is 0 Å². The van der Waals surface area contributed by atoms with Crippen molar-refractivity contribution in [3.63, 3.8) is 0 Å². The molecule has 164 valence electrons. The standard InChI is InChI=1S/C25H32N4O2/c1-18(15-19(2)30)20-3-5-21(6-4-20)31-22-8-13-28(16-22)23-7-12-26-24(27-23)29-14-11-25(17-29)9-10-25/h3-7,12,18,22H,8-11,13-17H2,1-2H3/t18-,22-/m1/s1. The monoisotopic (exact) mass is 420 g/mol. The molecule has 3 heterocycles. The van der Waals surface area contributed by atoms with Crippen LogP contribution < -0.4 is 14.5 Å². The predicted molar refractivity (Wildman–Crippen MR) is 122 cm³/mol. The van der Waals surface area contributed by atoms with Gasteiger partial charge in [-0.05, 0) is 61.3 Å². The summed E-state index contributed by atoms with van der Waals surface area (Å²) in [5.41, 5.74) is 1.75. The molecular formula is C25H32N4O2. The van der Waals surface area contributed by atoms with E-state index in [-0.39, 0.29) is 17.8 Å². The van der Waals surface area contributed by atoms with E-state index in [4.69, 9.17) is 9.72 Å². The Morgan fingerprint density at radius 2 is 1.97 bits per heavy atom. The summed E-state index contributed by atoms with van der Waals surface area (Å²) in [6.07, 6.45) is 7.62. The molecule has 0 unspecified atom stereocenters. The van der Waals surface area contributed by atoms with Gasteiger partial charge in [0.05, 0.1) is 6.54 Å². The van der Waals surface area contributed by atoms with Gasteiger partial charge in [0.2, 0.25) is 5.95 Å². The molecule has 0 amide bonds. The van der Waals surface area contributed by atoms with Crippen molar-refractivity contribution in [2.45, 2.75) is 58.0 Å². The molecule has 1 aromatic carbocycles. The largest absolute Gasteiger partial charge is 0.489 e. The summed E-state index contributed by atoms with van der Waals surface area (Å²) >= 11 is 0. The van der Waals surface area contributed by atoms with Crippen LogP contribution in [0.5, 0.6) is 5.75 Å². The number of hydrogen-bond donors (Lipinski definition) is 0. The van der Waals surface area contributed by atoms with Crippen LogP contribution in [0, 0.1) is 5.41 Å². The third-order valence-electron chi connectivity index (χ3n) is 7.12. The maximum Gasteiger partial charge on any atom is 0.227 e. The third kappa shape index (κ3) is 4.53. The highest BCUT2D eigenvalue weighted by molar-refractivity contribution is 5.76. The van der Waals surface area contributed by atoms with E-state index in [0.717, 1.165) is 50.1 Å². The van der Waals surface area contributed by atoms with Gasteiger partial charge in [-0.15, -0.1) is 0 Å². The fraction of sp³-hybridized carbons (Fsp3) is 0.560. The number of rotatable bonds is 7. The minimum absolute atomic E-state index is 0.153. The zero-order valence-corrected chi connectivity index (χ0v) is 18.6. The summed E-state index contributed by atoms with van der Waals surface area (Å²) in [5, 5.41) is 0. The van der Waals surface area contributed by atoms with Crippen LogP contribution in [0.4, 0.5) is 11.8 Å². The van der Waals surface area contributed by atoms with Crippen molar-refractivity contribution >= 4 is 17.5 Å². The predicted octanol–water partition coefficient (Wildman–Crippen LogP) is 4.21. The second-order valence-electron chi connectivity index (χ2n) is 9.74. The second kappa shape index (κ2) is 8.13. The van der Waals surface area contributed by atoms with E-state index in [0.29, 0.717) is 11.8 Å². The van der Waals surface area contributed by atoms with Crippen LogP contribution in [-0.2, 0) is 4.79 Å². The normalized spacial score (nSPS) is 22.7. The molecule has 2 aliphatic heterocycles. The van der Waals surface area contributed by atoms with E-state index in [2.05, 4.69) is 33.8 Å². The highest BCUT2D eigenvalue weighted by atomic mass is 16.5. The quantitative estimate of drug-likeness (QED) is 0.669. The molecular weight excluding hydrogens is 388 g/mol. The van der Waals surface area contributed by atoms with Crippen molar-refractivity contribution in [2.75, 3.05) is 36.0 Å². The van der Waals surface area contributed by atoms with Crippen LogP contribution in [0.15, 0.2) is 36.5 Å². The van der Waals surface area contributed by atoms with Gasteiger partial charge in [0, 0.05) is 38.7 Å². The van der Waals surface area contributed by atoms with Crippen molar-refractivity contribution in [2.24, 2.45) is 5.41 Å². The van der Waals surface area contributed by atoms with Gasteiger partial charge in [-0.1, -0.05) is 19.1 Å². The zero-order chi connectivity index (χ0) is 21.4. The molecule has 0 bridgehead atoms. The summed E-state index contributed by atoms with van der Waals surface area (Å²) < 4.78 is 6.25. The Labute approximate surface area is 184 Å². The van der Waals surface area contributed by atoms with Crippen LogP contribution in [-0.4, -0.2) is 48.0 Å². The Balaban J connectivity index is 1.18. The van der Waals surface area contributed by atoms with Crippen LogP contribution in [0.1, 0.15) is 57.4 Å². The Morgan fingerprint density at radius 1 is 1.16 bits per heavy atom. The lowest BCUT2D eigenvalue weighted by atomic mass is 9.96. The lowest BCUT2D eigenvalue weighted by Gasteiger charge is -2.21. The maximum absolute atomic E-state index is 11.4. The number of carbonyl (C=O) groups is 1.